The van der Waals surface area contributed by atoms with Crippen molar-refractivity contribution < 1.29 is 4.74 Å². The fourth-order valence-electron chi connectivity index (χ4n) is 1.81. The zero-order chi connectivity index (χ0) is 11.2. The highest BCUT2D eigenvalue weighted by Gasteiger charge is 2.12. The van der Waals surface area contributed by atoms with Gasteiger partial charge in [0.2, 0.25) is 0 Å². The maximum Gasteiger partial charge on any atom is 0.0922 e. The van der Waals surface area contributed by atoms with Gasteiger partial charge in [0.1, 0.15) is 0 Å². The molecular formula is C13H18N2O. The third kappa shape index (κ3) is 3.28. The molecule has 0 saturated carbocycles. The molecule has 0 spiro atoms. The van der Waals surface area contributed by atoms with E-state index in [0.29, 0.717) is 12.5 Å². The van der Waals surface area contributed by atoms with Gasteiger partial charge in [0.15, 0.2) is 0 Å². The molecule has 0 radical (unpaired) electrons. The van der Waals surface area contributed by atoms with Gasteiger partial charge in [-0.15, -0.1) is 0 Å². The first-order valence-electron chi connectivity index (χ1n) is 5.67. The van der Waals surface area contributed by atoms with Gasteiger partial charge in [-0.1, -0.05) is 30.3 Å². The van der Waals surface area contributed by atoms with Crippen LogP contribution in [0.4, 0.5) is 0 Å². The Morgan fingerprint density at radius 1 is 1.31 bits per heavy atom. The van der Waals surface area contributed by atoms with Gasteiger partial charge in [-0.3, -0.25) is 0 Å². The minimum absolute atomic E-state index is 0.524. The van der Waals surface area contributed by atoms with E-state index in [9.17, 15) is 0 Å². The van der Waals surface area contributed by atoms with Crippen molar-refractivity contribution in [2.75, 3.05) is 13.2 Å². The highest BCUT2D eigenvalue weighted by molar-refractivity contribution is 5.13. The Morgan fingerprint density at radius 2 is 2.12 bits per heavy atom. The Bertz CT molecular complexity index is 348. The maximum atomic E-state index is 5.63. The second kappa shape index (κ2) is 5.56. The van der Waals surface area contributed by atoms with E-state index in [-0.39, 0.29) is 0 Å². The normalized spacial score (nSPS) is 19.2. The first-order chi connectivity index (χ1) is 7.84. The van der Waals surface area contributed by atoms with Crippen molar-refractivity contribution in [1.29, 1.82) is 0 Å². The molecule has 0 bridgehead atoms. The second-order valence-corrected chi connectivity index (χ2v) is 4.09. The number of nitrogens with two attached hydrogens (primary N) is 1. The summed E-state index contributed by atoms with van der Waals surface area (Å²) in [5, 5.41) is 3.11. The predicted molar refractivity (Wildman–Crippen MR) is 64.5 cm³/mol. The van der Waals surface area contributed by atoms with Gasteiger partial charge in [0.05, 0.1) is 12.4 Å². The fourth-order valence-corrected chi connectivity index (χ4v) is 1.81. The average Bonchev–Trinajstić information content (AvgIpc) is 2.72. The summed E-state index contributed by atoms with van der Waals surface area (Å²) in [5.41, 5.74) is 6.85. The van der Waals surface area contributed by atoms with E-state index in [2.05, 4.69) is 23.5 Å². The highest BCUT2D eigenvalue weighted by atomic mass is 16.5. The molecule has 3 heteroatoms. The molecule has 3 nitrogen and oxygen atoms in total. The van der Waals surface area contributed by atoms with Crippen LogP contribution >= 0.6 is 0 Å². The molecule has 0 aromatic heterocycles. The second-order valence-electron chi connectivity index (χ2n) is 4.09. The number of ether oxygens (including phenoxy) is 1. The molecule has 0 unspecified atom stereocenters. The quantitative estimate of drug-likeness (QED) is 0.738. The van der Waals surface area contributed by atoms with Crippen molar-refractivity contribution in [2.24, 2.45) is 11.7 Å². The number of rotatable bonds is 5. The number of nitrogens with one attached hydrogen (secondary N) is 1. The number of hydrogen-bond donors (Lipinski definition) is 2. The fraction of sp³-hybridized carbons (Fsp3) is 0.385. The Morgan fingerprint density at radius 3 is 2.81 bits per heavy atom. The van der Waals surface area contributed by atoms with Crippen LogP contribution in [-0.4, -0.2) is 13.2 Å². The van der Waals surface area contributed by atoms with Crippen molar-refractivity contribution >= 4 is 0 Å². The van der Waals surface area contributed by atoms with Crippen molar-refractivity contribution in [3.05, 3.63) is 47.8 Å². The summed E-state index contributed by atoms with van der Waals surface area (Å²) in [6.45, 7) is 2.42. The SMILES string of the molecule is NC1=C[C@H](CCOCc2ccccc2)CN1. The molecule has 1 heterocycles. The topological polar surface area (TPSA) is 47.3 Å². The van der Waals surface area contributed by atoms with Crippen LogP contribution in [0.25, 0.3) is 0 Å². The van der Waals surface area contributed by atoms with E-state index in [0.717, 1.165) is 25.4 Å². The summed E-state index contributed by atoms with van der Waals surface area (Å²) in [4.78, 5) is 0. The van der Waals surface area contributed by atoms with Gasteiger partial charge in [-0.05, 0) is 18.1 Å². The van der Waals surface area contributed by atoms with Crippen LogP contribution in [0.5, 0.6) is 0 Å². The summed E-state index contributed by atoms with van der Waals surface area (Å²) in [6, 6.07) is 10.2. The summed E-state index contributed by atoms with van der Waals surface area (Å²) in [5.74, 6) is 1.32. The molecule has 3 N–H and O–H groups in total. The van der Waals surface area contributed by atoms with E-state index in [1.807, 2.05) is 18.2 Å². The Balaban J connectivity index is 1.62. The van der Waals surface area contributed by atoms with E-state index >= 15 is 0 Å². The predicted octanol–water partition coefficient (Wildman–Crippen LogP) is 1.61. The molecule has 0 aliphatic carbocycles. The zero-order valence-corrected chi connectivity index (χ0v) is 9.36. The van der Waals surface area contributed by atoms with Crippen LogP contribution in [0, 0.1) is 5.92 Å². The van der Waals surface area contributed by atoms with E-state index in [1.165, 1.54) is 5.56 Å². The third-order valence-corrected chi connectivity index (χ3v) is 2.73. The van der Waals surface area contributed by atoms with Crippen molar-refractivity contribution in [3.8, 4) is 0 Å². The minimum atomic E-state index is 0.524. The minimum Gasteiger partial charge on any atom is -0.386 e. The van der Waals surface area contributed by atoms with Crippen molar-refractivity contribution in [1.82, 2.24) is 5.32 Å². The van der Waals surface area contributed by atoms with Crippen molar-refractivity contribution in [2.45, 2.75) is 13.0 Å². The lowest BCUT2D eigenvalue weighted by Gasteiger charge is -2.07. The van der Waals surface area contributed by atoms with Crippen LogP contribution in [-0.2, 0) is 11.3 Å². The van der Waals surface area contributed by atoms with Gasteiger partial charge >= 0.3 is 0 Å². The van der Waals surface area contributed by atoms with Gasteiger partial charge in [-0.2, -0.15) is 0 Å². The first-order valence-corrected chi connectivity index (χ1v) is 5.67. The van der Waals surface area contributed by atoms with E-state index in [1.54, 1.807) is 0 Å². The average molecular weight is 218 g/mol. The standard InChI is InChI=1S/C13H18N2O/c14-13-8-12(9-15-13)6-7-16-10-11-4-2-1-3-5-11/h1-5,8,12,15H,6-7,9-10,14H2/t12-/m0/s1. The molecule has 0 amide bonds. The summed E-state index contributed by atoms with van der Waals surface area (Å²) in [6.07, 6.45) is 3.10. The molecule has 1 aromatic carbocycles. The summed E-state index contributed by atoms with van der Waals surface area (Å²) in [7, 11) is 0. The lowest BCUT2D eigenvalue weighted by Crippen LogP contribution is -2.17. The van der Waals surface area contributed by atoms with Crippen molar-refractivity contribution in [3.63, 3.8) is 0 Å². The van der Waals surface area contributed by atoms with Gasteiger partial charge < -0.3 is 15.8 Å². The summed E-state index contributed by atoms with van der Waals surface area (Å²) >= 11 is 0. The monoisotopic (exact) mass is 218 g/mol. The van der Waals surface area contributed by atoms with Crippen LogP contribution in [0.3, 0.4) is 0 Å². The number of benzene rings is 1. The maximum absolute atomic E-state index is 5.63. The molecule has 0 saturated heterocycles. The zero-order valence-electron chi connectivity index (χ0n) is 9.36. The Kier molecular flexibility index (Phi) is 3.83. The number of hydrogen-bond acceptors (Lipinski definition) is 3. The van der Waals surface area contributed by atoms with E-state index < -0.39 is 0 Å². The molecule has 1 atom stereocenters. The third-order valence-electron chi connectivity index (χ3n) is 2.73. The lowest BCUT2D eigenvalue weighted by molar-refractivity contribution is 0.112. The van der Waals surface area contributed by atoms with Crippen LogP contribution in [0.1, 0.15) is 12.0 Å². The molecule has 2 rings (SSSR count). The van der Waals surface area contributed by atoms with Gasteiger partial charge in [-0.25, -0.2) is 0 Å². The summed E-state index contributed by atoms with van der Waals surface area (Å²) < 4.78 is 5.62. The van der Waals surface area contributed by atoms with Gasteiger partial charge in [0.25, 0.3) is 0 Å². The molecular weight excluding hydrogens is 200 g/mol. The molecule has 16 heavy (non-hydrogen) atoms. The van der Waals surface area contributed by atoms with Crippen LogP contribution < -0.4 is 11.1 Å². The molecule has 1 aliphatic rings. The van der Waals surface area contributed by atoms with Crippen LogP contribution in [0.15, 0.2) is 42.2 Å². The lowest BCUT2D eigenvalue weighted by atomic mass is 10.1. The first kappa shape index (κ1) is 11.0. The Hall–Kier alpha value is -1.48. The molecule has 0 fully saturated rings. The van der Waals surface area contributed by atoms with E-state index in [4.69, 9.17) is 10.5 Å². The smallest absolute Gasteiger partial charge is 0.0922 e. The van der Waals surface area contributed by atoms with Crippen LogP contribution in [0.2, 0.25) is 0 Å². The molecule has 1 aliphatic heterocycles. The highest BCUT2D eigenvalue weighted by Crippen LogP contribution is 2.11. The molecule has 86 valence electrons. The molecule has 1 aromatic rings. The van der Waals surface area contributed by atoms with Gasteiger partial charge in [0, 0.05) is 19.1 Å². The largest absolute Gasteiger partial charge is 0.386 e. The Labute approximate surface area is 96.3 Å².